The third-order valence-corrected chi connectivity index (χ3v) is 7.19. The quantitative estimate of drug-likeness (QED) is 0.589. The third-order valence-electron chi connectivity index (χ3n) is 7.19. The SMILES string of the molecule is CN=C(NCC1(N2CCCCC2)CCN(C)CC1)N1CCOC(c2cnn(C)c2)C1. The molecule has 4 rings (SSSR count). The number of aryl methyl sites for hydroxylation is 1. The molecule has 1 unspecified atom stereocenters. The normalized spacial score (nSPS) is 26.7. The Hall–Kier alpha value is -1.64. The molecule has 3 aliphatic heterocycles. The van der Waals surface area contributed by atoms with Gasteiger partial charge in [-0.2, -0.15) is 5.10 Å². The fourth-order valence-corrected chi connectivity index (χ4v) is 5.23. The van der Waals surface area contributed by atoms with Crippen LogP contribution >= 0.6 is 0 Å². The largest absolute Gasteiger partial charge is 0.370 e. The monoisotopic (exact) mass is 417 g/mol. The maximum atomic E-state index is 6.03. The zero-order chi connectivity index (χ0) is 21.0. The highest BCUT2D eigenvalue weighted by atomic mass is 16.5. The van der Waals surface area contributed by atoms with Gasteiger partial charge in [-0.15, -0.1) is 0 Å². The minimum atomic E-state index is 0.0467. The maximum Gasteiger partial charge on any atom is 0.193 e. The van der Waals surface area contributed by atoms with Crippen molar-refractivity contribution in [2.45, 2.75) is 43.7 Å². The molecule has 1 atom stereocenters. The lowest BCUT2D eigenvalue weighted by atomic mass is 9.84. The first-order valence-electron chi connectivity index (χ1n) is 11.6. The molecule has 3 saturated heterocycles. The highest BCUT2D eigenvalue weighted by Crippen LogP contribution is 2.31. The van der Waals surface area contributed by atoms with E-state index < -0.39 is 0 Å². The fourth-order valence-electron chi connectivity index (χ4n) is 5.23. The summed E-state index contributed by atoms with van der Waals surface area (Å²) in [4.78, 5) is 12.2. The molecule has 168 valence electrons. The number of rotatable bonds is 4. The lowest BCUT2D eigenvalue weighted by Gasteiger charge is -2.50. The van der Waals surface area contributed by atoms with Crippen LogP contribution in [0.1, 0.15) is 43.8 Å². The van der Waals surface area contributed by atoms with Gasteiger partial charge in [0.1, 0.15) is 6.10 Å². The number of nitrogens with zero attached hydrogens (tertiary/aromatic N) is 6. The third kappa shape index (κ3) is 4.81. The van der Waals surface area contributed by atoms with Gasteiger partial charge in [0.2, 0.25) is 0 Å². The van der Waals surface area contributed by atoms with Crippen LogP contribution in [0.3, 0.4) is 0 Å². The number of piperidine rings is 2. The van der Waals surface area contributed by atoms with Crippen molar-refractivity contribution in [3.63, 3.8) is 0 Å². The van der Waals surface area contributed by atoms with Crippen LogP contribution in [-0.2, 0) is 11.8 Å². The molecule has 4 heterocycles. The molecule has 8 nitrogen and oxygen atoms in total. The Morgan fingerprint density at radius 1 is 1.17 bits per heavy atom. The van der Waals surface area contributed by atoms with Crippen molar-refractivity contribution in [2.75, 3.05) is 66.5 Å². The smallest absolute Gasteiger partial charge is 0.193 e. The number of ether oxygens (including phenoxy) is 1. The first-order valence-corrected chi connectivity index (χ1v) is 11.6. The van der Waals surface area contributed by atoms with Crippen LogP contribution in [-0.4, -0.2) is 102 Å². The second-order valence-electron chi connectivity index (χ2n) is 9.23. The minimum absolute atomic E-state index is 0.0467. The van der Waals surface area contributed by atoms with E-state index in [4.69, 9.17) is 4.74 Å². The molecule has 0 aromatic carbocycles. The Balaban J connectivity index is 1.41. The molecule has 0 aliphatic carbocycles. The number of hydrogen-bond acceptors (Lipinski definition) is 5. The predicted molar refractivity (Wildman–Crippen MR) is 120 cm³/mol. The van der Waals surface area contributed by atoms with Crippen molar-refractivity contribution >= 4 is 5.96 Å². The van der Waals surface area contributed by atoms with E-state index in [0.717, 1.165) is 31.2 Å². The van der Waals surface area contributed by atoms with Gasteiger partial charge in [-0.3, -0.25) is 14.6 Å². The van der Waals surface area contributed by atoms with Crippen LogP contribution in [0.25, 0.3) is 0 Å². The number of nitrogens with one attached hydrogen (secondary N) is 1. The average molecular weight is 418 g/mol. The molecule has 0 bridgehead atoms. The number of aromatic nitrogens is 2. The van der Waals surface area contributed by atoms with Crippen molar-refractivity contribution in [2.24, 2.45) is 12.0 Å². The van der Waals surface area contributed by atoms with E-state index >= 15 is 0 Å². The zero-order valence-electron chi connectivity index (χ0n) is 19.0. The van der Waals surface area contributed by atoms with Crippen molar-refractivity contribution in [1.29, 1.82) is 0 Å². The summed E-state index contributed by atoms with van der Waals surface area (Å²) in [6, 6.07) is 0. The molecular formula is C22H39N7O. The summed E-state index contributed by atoms with van der Waals surface area (Å²) in [5, 5.41) is 8.09. The van der Waals surface area contributed by atoms with Gasteiger partial charge in [-0.1, -0.05) is 6.42 Å². The Bertz CT molecular complexity index is 704. The Morgan fingerprint density at radius 3 is 2.60 bits per heavy atom. The van der Waals surface area contributed by atoms with E-state index in [-0.39, 0.29) is 11.6 Å². The highest BCUT2D eigenvalue weighted by Gasteiger charge is 2.40. The molecule has 1 N–H and O–H groups in total. The molecule has 0 saturated carbocycles. The van der Waals surface area contributed by atoms with Gasteiger partial charge in [0.25, 0.3) is 0 Å². The standard InChI is InChI=1S/C22H39N7O/c1-23-21(28-13-14-30-20(17-28)19-15-25-27(3)16-19)24-18-22(7-11-26(2)12-8-22)29-9-5-4-6-10-29/h15-16,20H,4-14,17-18H2,1-3H3,(H,23,24). The molecule has 3 fully saturated rings. The second-order valence-corrected chi connectivity index (χ2v) is 9.23. The number of guanidine groups is 1. The van der Waals surface area contributed by atoms with E-state index in [2.05, 4.69) is 37.2 Å². The molecule has 30 heavy (non-hydrogen) atoms. The van der Waals surface area contributed by atoms with Gasteiger partial charge < -0.3 is 19.9 Å². The van der Waals surface area contributed by atoms with E-state index in [1.54, 1.807) is 0 Å². The number of likely N-dealkylation sites (tertiary alicyclic amines) is 2. The lowest BCUT2D eigenvalue weighted by Crippen LogP contribution is -2.62. The Labute approximate surface area is 181 Å². The zero-order valence-corrected chi connectivity index (χ0v) is 19.0. The van der Waals surface area contributed by atoms with Crippen LogP contribution < -0.4 is 5.32 Å². The molecule has 8 heteroatoms. The maximum absolute atomic E-state index is 6.03. The summed E-state index contributed by atoms with van der Waals surface area (Å²) in [5.74, 6) is 1.00. The van der Waals surface area contributed by atoms with E-state index in [9.17, 15) is 0 Å². The van der Waals surface area contributed by atoms with Gasteiger partial charge in [0, 0.05) is 44.5 Å². The van der Waals surface area contributed by atoms with E-state index in [1.165, 1.54) is 58.3 Å². The van der Waals surface area contributed by atoms with Gasteiger partial charge in [-0.25, -0.2) is 0 Å². The minimum Gasteiger partial charge on any atom is -0.370 e. The first kappa shape index (κ1) is 21.6. The molecule has 1 aromatic heterocycles. The molecule has 3 aliphatic rings. The van der Waals surface area contributed by atoms with Crippen LogP contribution in [0, 0.1) is 0 Å². The Kier molecular flexibility index (Phi) is 6.95. The number of morpholine rings is 1. The lowest BCUT2D eigenvalue weighted by molar-refractivity contribution is -0.00957. The van der Waals surface area contributed by atoms with Crippen LogP contribution in [0.2, 0.25) is 0 Å². The van der Waals surface area contributed by atoms with Crippen molar-refractivity contribution in [3.8, 4) is 0 Å². The second kappa shape index (κ2) is 9.66. The van der Waals surface area contributed by atoms with Crippen molar-refractivity contribution < 1.29 is 4.74 Å². The predicted octanol–water partition coefficient (Wildman–Crippen LogP) is 1.32. The van der Waals surface area contributed by atoms with Gasteiger partial charge >= 0.3 is 0 Å². The summed E-state index contributed by atoms with van der Waals surface area (Å²) in [6.45, 7) is 8.20. The van der Waals surface area contributed by atoms with E-state index in [1.807, 2.05) is 31.2 Å². The van der Waals surface area contributed by atoms with E-state index in [0.29, 0.717) is 6.61 Å². The van der Waals surface area contributed by atoms with Gasteiger partial charge in [-0.05, 0) is 58.9 Å². The van der Waals surface area contributed by atoms with Crippen molar-refractivity contribution in [3.05, 3.63) is 18.0 Å². The van der Waals surface area contributed by atoms with Crippen LogP contribution in [0.5, 0.6) is 0 Å². The number of aliphatic imine (C=N–C) groups is 1. The van der Waals surface area contributed by atoms with Crippen LogP contribution in [0.4, 0.5) is 0 Å². The summed E-state index contributed by atoms with van der Waals surface area (Å²) in [6.07, 6.45) is 10.5. The topological polar surface area (TPSA) is 61.2 Å². The van der Waals surface area contributed by atoms with Crippen LogP contribution in [0.15, 0.2) is 17.4 Å². The summed E-state index contributed by atoms with van der Waals surface area (Å²) in [7, 11) is 6.10. The van der Waals surface area contributed by atoms with Crippen molar-refractivity contribution in [1.82, 2.24) is 29.8 Å². The summed E-state index contributed by atoms with van der Waals surface area (Å²) >= 11 is 0. The van der Waals surface area contributed by atoms with Gasteiger partial charge in [0.15, 0.2) is 5.96 Å². The van der Waals surface area contributed by atoms with Gasteiger partial charge in [0.05, 0.1) is 19.3 Å². The first-order chi connectivity index (χ1) is 14.6. The molecule has 0 spiro atoms. The Morgan fingerprint density at radius 2 is 1.93 bits per heavy atom. The average Bonchev–Trinajstić information content (AvgIpc) is 3.23. The number of hydrogen-bond donors (Lipinski definition) is 1. The fraction of sp³-hybridized carbons (Fsp3) is 0.818. The summed E-state index contributed by atoms with van der Waals surface area (Å²) in [5.41, 5.74) is 1.38. The molecule has 0 radical (unpaired) electrons. The highest BCUT2D eigenvalue weighted by molar-refractivity contribution is 5.80. The molecule has 0 amide bonds. The summed E-state index contributed by atoms with van der Waals surface area (Å²) < 4.78 is 7.87. The molecular weight excluding hydrogens is 378 g/mol. The molecule has 1 aromatic rings.